The Morgan fingerprint density at radius 1 is 1.67 bits per heavy atom. The standard InChI is InChI=1S/C8H8O3S/c9-8(10)7-6-1-2-11-3-5(6)4-12-7/h4H,1-3H2,(H,9,10). The van der Waals surface area contributed by atoms with Gasteiger partial charge >= 0.3 is 5.97 Å². The van der Waals surface area contributed by atoms with Crippen molar-refractivity contribution in [3.8, 4) is 0 Å². The summed E-state index contributed by atoms with van der Waals surface area (Å²) in [5, 5.41) is 10.7. The van der Waals surface area contributed by atoms with Crippen LogP contribution in [0.25, 0.3) is 0 Å². The first kappa shape index (κ1) is 7.76. The largest absolute Gasteiger partial charge is 0.477 e. The second-order valence-corrected chi connectivity index (χ2v) is 3.56. The molecular weight excluding hydrogens is 176 g/mol. The average Bonchev–Trinajstić information content (AvgIpc) is 2.47. The predicted octanol–water partition coefficient (Wildman–Crippen LogP) is 1.52. The van der Waals surface area contributed by atoms with E-state index in [0.717, 1.165) is 17.5 Å². The van der Waals surface area contributed by atoms with Gasteiger partial charge in [-0.1, -0.05) is 0 Å². The van der Waals surface area contributed by atoms with Crippen LogP contribution in [-0.2, 0) is 17.8 Å². The van der Waals surface area contributed by atoms with Gasteiger partial charge in [-0.2, -0.15) is 0 Å². The van der Waals surface area contributed by atoms with Crippen molar-refractivity contribution in [1.29, 1.82) is 0 Å². The zero-order chi connectivity index (χ0) is 8.55. The molecule has 2 heterocycles. The molecule has 0 aliphatic carbocycles. The van der Waals surface area contributed by atoms with Crippen LogP contribution in [0.5, 0.6) is 0 Å². The van der Waals surface area contributed by atoms with Crippen LogP contribution >= 0.6 is 11.3 Å². The van der Waals surface area contributed by atoms with Crippen LogP contribution in [0.2, 0.25) is 0 Å². The third-order valence-electron chi connectivity index (χ3n) is 1.93. The highest BCUT2D eigenvalue weighted by molar-refractivity contribution is 7.12. The molecule has 0 fully saturated rings. The van der Waals surface area contributed by atoms with E-state index in [1.807, 2.05) is 5.38 Å². The lowest BCUT2D eigenvalue weighted by atomic mass is 10.1. The van der Waals surface area contributed by atoms with Gasteiger partial charge in [-0.05, 0) is 22.9 Å². The summed E-state index contributed by atoms with van der Waals surface area (Å²) in [4.78, 5) is 11.2. The first-order chi connectivity index (χ1) is 5.79. The molecule has 64 valence electrons. The highest BCUT2D eigenvalue weighted by atomic mass is 32.1. The Morgan fingerprint density at radius 2 is 2.50 bits per heavy atom. The summed E-state index contributed by atoms with van der Waals surface area (Å²) in [5.41, 5.74) is 2.02. The molecule has 0 aromatic carbocycles. The Kier molecular flexibility index (Phi) is 1.86. The highest BCUT2D eigenvalue weighted by Gasteiger charge is 2.19. The summed E-state index contributed by atoms with van der Waals surface area (Å²) in [6.45, 7) is 1.21. The zero-order valence-corrected chi connectivity index (χ0v) is 7.19. The van der Waals surface area contributed by atoms with Gasteiger partial charge in [-0.25, -0.2) is 4.79 Å². The number of aromatic carboxylic acids is 1. The molecule has 0 saturated carbocycles. The van der Waals surface area contributed by atoms with Crippen LogP contribution in [0.4, 0.5) is 0 Å². The minimum Gasteiger partial charge on any atom is -0.477 e. The molecule has 3 nitrogen and oxygen atoms in total. The molecule has 1 aliphatic rings. The molecule has 2 rings (SSSR count). The number of fused-ring (bicyclic) bond motifs is 1. The summed E-state index contributed by atoms with van der Waals surface area (Å²) in [7, 11) is 0. The molecule has 1 aromatic heterocycles. The van der Waals surface area contributed by atoms with E-state index in [-0.39, 0.29) is 0 Å². The lowest BCUT2D eigenvalue weighted by Gasteiger charge is -2.12. The number of hydrogen-bond acceptors (Lipinski definition) is 3. The fourth-order valence-electron chi connectivity index (χ4n) is 1.35. The SMILES string of the molecule is O=C(O)c1scc2c1CCOC2. The topological polar surface area (TPSA) is 46.5 Å². The first-order valence-electron chi connectivity index (χ1n) is 3.69. The summed E-state index contributed by atoms with van der Waals surface area (Å²) < 4.78 is 5.20. The van der Waals surface area contributed by atoms with Gasteiger partial charge in [0.1, 0.15) is 4.88 Å². The lowest BCUT2D eigenvalue weighted by molar-refractivity contribution is 0.0697. The van der Waals surface area contributed by atoms with Crippen molar-refractivity contribution in [2.24, 2.45) is 0 Å². The van der Waals surface area contributed by atoms with Gasteiger partial charge in [0.15, 0.2) is 0 Å². The van der Waals surface area contributed by atoms with Crippen molar-refractivity contribution in [3.63, 3.8) is 0 Å². The van der Waals surface area contributed by atoms with Gasteiger partial charge in [0.2, 0.25) is 0 Å². The maximum Gasteiger partial charge on any atom is 0.346 e. The van der Waals surface area contributed by atoms with E-state index in [0.29, 0.717) is 18.1 Å². The number of carbonyl (C=O) groups is 1. The third kappa shape index (κ3) is 1.13. The molecule has 1 N–H and O–H groups in total. The van der Waals surface area contributed by atoms with E-state index in [2.05, 4.69) is 0 Å². The van der Waals surface area contributed by atoms with Gasteiger partial charge in [-0.15, -0.1) is 11.3 Å². The van der Waals surface area contributed by atoms with E-state index in [4.69, 9.17) is 9.84 Å². The molecule has 0 unspecified atom stereocenters. The number of carboxylic acids is 1. The molecule has 0 saturated heterocycles. The van der Waals surface area contributed by atoms with Crippen LogP contribution in [0.1, 0.15) is 20.8 Å². The van der Waals surface area contributed by atoms with Crippen LogP contribution in [0.15, 0.2) is 5.38 Å². The second-order valence-electron chi connectivity index (χ2n) is 2.68. The molecule has 1 aliphatic heterocycles. The fraction of sp³-hybridized carbons (Fsp3) is 0.375. The van der Waals surface area contributed by atoms with Crippen molar-refractivity contribution in [3.05, 3.63) is 21.4 Å². The average molecular weight is 184 g/mol. The summed E-state index contributed by atoms with van der Waals surface area (Å²) in [6, 6.07) is 0. The van der Waals surface area contributed by atoms with Crippen LogP contribution in [-0.4, -0.2) is 17.7 Å². The predicted molar refractivity (Wildman–Crippen MR) is 44.6 cm³/mol. The van der Waals surface area contributed by atoms with Crippen molar-refractivity contribution in [1.82, 2.24) is 0 Å². The number of thiophene rings is 1. The van der Waals surface area contributed by atoms with Crippen molar-refractivity contribution >= 4 is 17.3 Å². The van der Waals surface area contributed by atoms with Gasteiger partial charge in [-0.3, -0.25) is 0 Å². The van der Waals surface area contributed by atoms with Crippen molar-refractivity contribution in [2.75, 3.05) is 6.61 Å². The number of carboxylic acid groups (broad SMARTS) is 1. The summed E-state index contributed by atoms with van der Waals surface area (Å²) in [5.74, 6) is -0.817. The van der Waals surface area contributed by atoms with Gasteiger partial charge in [0.25, 0.3) is 0 Å². The van der Waals surface area contributed by atoms with E-state index in [1.165, 1.54) is 11.3 Å². The number of rotatable bonds is 1. The Labute approximate surface area is 73.6 Å². The summed E-state index contributed by atoms with van der Waals surface area (Å²) in [6.07, 6.45) is 0.737. The smallest absolute Gasteiger partial charge is 0.346 e. The normalized spacial score (nSPS) is 15.7. The molecular formula is C8H8O3S. The first-order valence-corrected chi connectivity index (χ1v) is 4.57. The van der Waals surface area contributed by atoms with Gasteiger partial charge in [0, 0.05) is 0 Å². The van der Waals surface area contributed by atoms with E-state index >= 15 is 0 Å². The zero-order valence-electron chi connectivity index (χ0n) is 6.37. The van der Waals surface area contributed by atoms with Crippen molar-refractivity contribution < 1.29 is 14.6 Å². The van der Waals surface area contributed by atoms with Crippen LogP contribution in [0, 0.1) is 0 Å². The minimum absolute atomic E-state index is 0.480. The Balaban J connectivity index is 2.44. The number of ether oxygens (including phenoxy) is 1. The van der Waals surface area contributed by atoms with E-state index < -0.39 is 5.97 Å². The number of hydrogen-bond donors (Lipinski definition) is 1. The van der Waals surface area contributed by atoms with Crippen LogP contribution in [0.3, 0.4) is 0 Å². The monoisotopic (exact) mass is 184 g/mol. The van der Waals surface area contributed by atoms with E-state index in [9.17, 15) is 4.79 Å². The Bertz CT molecular complexity index is 316. The van der Waals surface area contributed by atoms with Crippen LogP contribution < -0.4 is 0 Å². The molecule has 4 heteroatoms. The Morgan fingerprint density at radius 3 is 3.25 bits per heavy atom. The minimum atomic E-state index is -0.817. The van der Waals surface area contributed by atoms with Gasteiger partial charge in [0.05, 0.1) is 13.2 Å². The molecule has 12 heavy (non-hydrogen) atoms. The molecule has 0 amide bonds. The summed E-state index contributed by atoms with van der Waals surface area (Å²) >= 11 is 1.29. The maximum absolute atomic E-state index is 10.7. The molecule has 0 atom stereocenters. The lowest BCUT2D eigenvalue weighted by Crippen LogP contribution is -2.10. The quantitative estimate of drug-likeness (QED) is 0.719. The molecule has 0 bridgehead atoms. The highest BCUT2D eigenvalue weighted by Crippen LogP contribution is 2.26. The molecule has 0 radical (unpaired) electrons. The molecule has 0 spiro atoms. The fourth-order valence-corrected chi connectivity index (χ4v) is 2.30. The second kappa shape index (κ2) is 2.88. The van der Waals surface area contributed by atoms with E-state index in [1.54, 1.807) is 0 Å². The Hall–Kier alpha value is -0.870. The van der Waals surface area contributed by atoms with Gasteiger partial charge < -0.3 is 9.84 Å². The third-order valence-corrected chi connectivity index (χ3v) is 2.99. The van der Waals surface area contributed by atoms with Crippen molar-refractivity contribution in [2.45, 2.75) is 13.0 Å². The maximum atomic E-state index is 10.7. The molecule has 1 aromatic rings.